The predicted molar refractivity (Wildman–Crippen MR) is 77.7 cm³/mol. The molecule has 2 aliphatic heterocycles. The normalized spacial score (nSPS) is 32.0. The molecule has 8 nitrogen and oxygen atoms in total. The molecule has 0 bridgehead atoms. The van der Waals surface area contributed by atoms with E-state index in [2.05, 4.69) is 4.98 Å². The quantitative estimate of drug-likeness (QED) is 0.715. The highest BCUT2D eigenvalue weighted by Crippen LogP contribution is 2.51. The van der Waals surface area contributed by atoms with E-state index in [0.717, 1.165) is 4.90 Å². The Kier molecular flexibility index (Phi) is 3.28. The number of aliphatic hydroxyl groups is 1. The number of aromatic nitrogens is 1. The van der Waals surface area contributed by atoms with Crippen LogP contribution in [0.4, 0.5) is 0 Å². The van der Waals surface area contributed by atoms with Crippen molar-refractivity contribution < 1.29 is 28.2 Å². The standard InChI is InChI=1S/C14H16N2O6S/c1-14(2)10(13(19)20)16-11(18)8(12(16)23(14,21)22)9(17)7-5-3-4-6-15-7/h3-6,8-10,12,17H,1-2H3,(H,19,20)/t8-,9+,10+,12-/m1/s1. The molecule has 23 heavy (non-hydrogen) atoms. The minimum atomic E-state index is -3.96. The first kappa shape index (κ1) is 15.9. The first-order chi connectivity index (χ1) is 10.6. The summed E-state index contributed by atoms with van der Waals surface area (Å²) in [5.74, 6) is -3.30. The zero-order valence-electron chi connectivity index (χ0n) is 12.4. The summed E-state index contributed by atoms with van der Waals surface area (Å²) in [4.78, 5) is 28.6. The third-order valence-electron chi connectivity index (χ3n) is 4.67. The van der Waals surface area contributed by atoms with Crippen molar-refractivity contribution in [3.63, 3.8) is 0 Å². The van der Waals surface area contributed by atoms with Gasteiger partial charge < -0.3 is 15.1 Å². The van der Waals surface area contributed by atoms with Gasteiger partial charge in [0, 0.05) is 6.20 Å². The maximum absolute atomic E-state index is 12.7. The molecule has 0 radical (unpaired) electrons. The van der Waals surface area contributed by atoms with Crippen LogP contribution in [-0.2, 0) is 19.4 Å². The van der Waals surface area contributed by atoms with Gasteiger partial charge in [0.25, 0.3) is 0 Å². The summed E-state index contributed by atoms with van der Waals surface area (Å²) in [6.45, 7) is 2.58. The highest BCUT2D eigenvalue weighted by Gasteiger charge is 2.73. The number of hydrogen-bond acceptors (Lipinski definition) is 6. The van der Waals surface area contributed by atoms with Gasteiger partial charge >= 0.3 is 5.97 Å². The maximum Gasteiger partial charge on any atom is 0.328 e. The van der Waals surface area contributed by atoms with Crippen molar-refractivity contribution in [1.29, 1.82) is 0 Å². The number of aliphatic hydroxyl groups excluding tert-OH is 1. The molecule has 0 spiro atoms. The van der Waals surface area contributed by atoms with Crippen LogP contribution in [0.25, 0.3) is 0 Å². The van der Waals surface area contributed by atoms with Gasteiger partial charge in [0.05, 0.1) is 10.4 Å². The molecule has 0 aliphatic carbocycles. The molecule has 2 fully saturated rings. The van der Waals surface area contributed by atoms with Gasteiger partial charge in [0.1, 0.15) is 23.4 Å². The Balaban J connectivity index is 2.04. The van der Waals surface area contributed by atoms with E-state index in [-0.39, 0.29) is 5.69 Å². The van der Waals surface area contributed by atoms with Crippen LogP contribution in [0.1, 0.15) is 25.6 Å². The smallest absolute Gasteiger partial charge is 0.328 e. The molecule has 1 aromatic rings. The van der Waals surface area contributed by atoms with E-state index in [9.17, 15) is 28.2 Å². The van der Waals surface area contributed by atoms with E-state index in [0.29, 0.717) is 0 Å². The van der Waals surface area contributed by atoms with Gasteiger partial charge in [0.2, 0.25) is 5.91 Å². The Morgan fingerprint density at radius 1 is 1.39 bits per heavy atom. The minimum absolute atomic E-state index is 0.178. The number of sulfone groups is 1. The van der Waals surface area contributed by atoms with Gasteiger partial charge in [-0.05, 0) is 26.0 Å². The summed E-state index contributed by atoms with van der Waals surface area (Å²) in [6.07, 6.45) is 0.0233. The number of rotatable bonds is 3. The van der Waals surface area contributed by atoms with Gasteiger partial charge in [-0.15, -0.1) is 0 Å². The first-order valence-corrected chi connectivity index (χ1v) is 8.54. The third kappa shape index (κ3) is 1.86. The van der Waals surface area contributed by atoms with Gasteiger partial charge in [-0.1, -0.05) is 6.07 Å². The number of β-lactam (4-membered cyclic amide) rings is 1. The topological polar surface area (TPSA) is 125 Å². The number of aliphatic carboxylic acids is 1. The zero-order valence-corrected chi connectivity index (χ0v) is 13.3. The molecule has 1 amide bonds. The molecular formula is C14H16N2O6S. The highest BCUT2D eigenvalue weighted by atomic mass is 32.2. The van der Waals surface area contributed by atoms with E-state index in [4.69, 9.17) is 0 Å². The molecule has 4 atom stereocenters. The van der Waals surface area contributed by atoms with Crippen molar-refractivity contribution in [3.05, 3.63) is 30.1 Å². The average Bonchev–Trinajstić information content (AvgIpc) is 2.62. The molecule has 3 rings (SSSR count). The average molecular weight is 340 g/mol. The number of nitrogens with zero attached hydrogens (tertiary/aromatic N) is 2. The van der Waals surface area contributed by atoms with Gasteiger partial charge in [-0.2, -0.15) is 0 Å². The lowest BCUT2D eigenvalue weighted by molar-refractivity contribution is -0.169. The van der Waals surface area contributed by atoms with Gasteiger partial charge in [-0.3, -0.25) is 9.78 Å². The van der Waals surface area contributed by atoms with Crippen molar-refractivity contribution in [3.8, 4) is 0 Å². The van der Waals surface area contributed by atoms with Crippen LogP contribution in [0.2, 0.25) is 0 Å². The Bertz CT molecular complexity index is 776. The van der Waals surface area contributed by atoms with Gasteiger partial charge in [-0.25, -0.2) is 13.2 Å². The monoisotopic (exact) mass is 340 g/mol. The van der Waals surface area contributed by atoms with Crippen molar-refractivity contribution in [2.24, 2.45) is 5.92 Å². The summed E-state index contributed by atoms with van der Waals surface area (Å²) >= 11 is 0. The lowest BCUT2D eigenvalue weighted by Crippen LogP contribution is -2.65. The Morgan fingerprint density at radius 2 is 2.04 bits per heavy atom. The molecule has 0 aromatic carbocycles. The fourth-order valence-corrected chi connectivity index (χ4v) is 5.69. The second-order valence-corrected chi connectivity index (χ2v) is 8.88. The van der Waals surface area contributed by atoms with Crippen LogP contribution in [0.5, 0.6) is 0 Å². The summed E-state index contributed by atoms with van der Waals surface area (Å²) in [5, 5.41) is 18.3. The molecule has 0 saturated carbocycles. The summed E-state index contributed by atoms with van der Waals surface area (Å²) in [7, 11) is -3.96. The minimum Gasteiger partial charge on any atom is -0.480 e. The molecule has 124 valence electrons. The molecule has 0 unspecified atom stereocenters. The number of amides is 1. The summed E-state index contributed by atoms with van der Waals surface area (Å²) in [6, 6.07) is 3.26. The molecular weight excluding hydrogens is 324 g/mol. The number of fused-ring (bicyclic) bond motifs is 1. The van der Waals surface area contributed by atoms with Gasteiger partial charge in [0.15, 0.2) is 9.84 Å². The Labute approximate surface area is 132 Å². The molecule has 1 aromatic heterocycles. The maximum atomic E-state index is 12.7. The zero-order chi connectivity index (χ0) is 17.2. The molecule has 2 saturated heterocycles. The number of carbonyl (C=O) groups is 2. The van der Waals surface area contributed by atoms with Crippen LogP contribution in [0.15, 0.2) is 24.4 Å². The summed E-state index contributed by atoms with van der Waals surface area (Å²) < 4.78 is 23.8. The van der Waals surface area contributed by atoms with E-state index < -0.39 is 49.9 Å². The van der Waals surface area contributed by atoms with E-state index in [1.165, 1.54) is 26.1 Å². The third-order valence-corrected chi connectivity index (χ3v) is 7.52. The van der Waals surface area contributed by atoms with Crippen molar-refractivity contribution in [2.75, 3.05) is 0 Å². The molecule has 2 aliphatic rings. The fourth-order valence-electron chi connectivity index (χ4n) is 3.37. The number of carbonyl (C=O) groups excluding carboxylic acids is 1. The highest BCUT2D eigenvalue weighted by molar-refractivity contribution is 7.93. The first-order valence-electron chi connectivity index (χ1n) is 7.00. The number of carboxylic acid groups (broad SMARTS) is 1. The van der Waals surface area contributed by atoms with Crippen molar-refractivity contribution in [1.82, 2.24) is 9.88 Å². The second kappa shape index (κ2) is 4.75. The summed E-state index contributed by atoms with van der Waals surface area (Å²) in [5.41, 5.74) is 0.178. The van der Waals surface area contributed by atoms with E-state index >= 15 is 0 Å². The predicted octanol–water partition coefficient (Wildman–Crippen LogP) is -0.440. The number of pyridine rings is 1. The lowest BCUT2D eigenvalue weighted by atomic mass is 9.86. The molecule has 3 heterocycles. The molecule has 9 heteroatoms. The second-order valence-electron chi connectivity index (χ2n) is 6.25. The van der Waals surface area contributed by atoms with Crippen LogP contribution < -0.4 is 0 Å². The van der Waals surface area contributed by atoms with Crippen LogP contribution in [0, 0.1) is 5.92 Å². The number of hydrogen-bond donors (Lipinski definition) is 2. The van der Waals surface area contributed by atoms with Crippen LogP contribution >= 0.6 is 0 Å². The lowest BCUT2D eigenvalue weighted by Gasteiger charge is -2.44. The Morgan fingerprint density at radius 3 is 2.57 bits per heavy atom. The van der Waals surface area contributed by atoms with Crippen LogP contribution in [-0.4, -0.2) is 56.6 Å². The van der Waals surface area contributed by atoms with Crippen molar-refractivity contribution in [2.45, 2.75) is 36.1 Å². The SMILES string of the molecule is CC1(C)[C@H](C(=O)O)N2C(=O)[C@@H]([C@@H](O)c3ccccn3)[C@H]2S1(=O)=O. The molecule has 2 N–H and O–H groups in total. The van der Waals surface area contributed by atoms with Crippen LogP contribution in [0.3, 0.4) is 0 Å². The fraction of sp³-hybridized carbons (Fsp3) is 0.500. The van der Waals surface area contributed by atoms with Crippen molar-refractivity contribution >= 4 is 21.7 Å². The number of carboxylic acids is 1. The Hall–Kier alpha value is -2.00. The van der Waals surface area contributed by atoms with E-state index in [1.54, 1.807) is 12.1 Å². The van der Waals surface area contributed by atoms with E-state index in [1.807, 2.05) is 0 Å². The largest absolute Gasteiger partial charge is 0.480 e.